The van der Waals surface area contributed by atoms with Crippen molar-refractivity contribution in [1.29, 1.82) is 0 Å². The first-order valence-electron chi connectivity index (χ1n) is 9.09. The van der Waals surface area contributed by atoms with Crippen LogP contribution in [0.4, 0.5) is 4.79 Å². The zero-order chi connectivity index (χ0) is 19.9. The van der Waals surface area contributed by atoms with Gasteiger partial charge in [0, 0.05) is 24.9 Å². The Morgan fingerprint density at radius 2 is 1.85 bits per heavy atom. The minimum atomic E-state index is -1.33. The van der Waals surface area contributed by atoms with Crippen molar-refractivity contribution in [3.05, 3.63) is 0 Å². The van der Waals surface area contributed by atoms with Crippen molar-refractivity contribution in [3.8, 4) is 0 Å². The van der Waals surface area contributed by atoms with Gasteiger partial charge >= 0.3 is 12.1 Å². The Bertz CT molecular complexity index is 598. The minimum absolute atomic E-state index is 0.0431. The molecule has 0 N–H and O–H groups in total. The van der Waals surface area contributed by atoms with Gasteiger partial charge in [-0.15, -0.1) is 0 Å². The van der Waals surface area contributed by atoms with Crippen LogP contribution in [0.5, 0.6) is 0 Å². The number of hydrogen-bond donors (Lipinski definition) is 0. The van der Waals surface area contributed by atoms with E-state index in [1.807, 2.05) is 6.92 Å². The average Bonchev–Trinajstić information content (AvgIpc) is 2.42. The van der Waals surface area contributed by atoms with Gasteiger partial charge in [0.2, 0.25) is 0 Å². The van der Waals surface area contributed by atoms with Crippen molar-refractivity contribution in [2.45, 2.75) is 78.0 Å². The summed E-state index contributed by atoms with van der Waals surface area (Å²) in [6.45, 7) is 10.9. The number of ether oxygens (including phenoxy) is 2. The summed E-state index contributed by atoms with van der Waals surface area (Å²) in [6, 6.07) is -0.210. The summed E-state index contributed by atoms with van der Waals surface area (Å²) >= 11 is 0. The molecule has 7 nitrogen and oxygen atoms in total. The van der Waals surface area contributed by atoms with E-state index < -0.39 is 35.1 Å². The lowest BCUT2D eigenvalue weighted by atomic mass is 9.78. The third-order valence-electron chi connectivity index (χ3n) is 4.73. The molecule has 0 aliphatic carbocycles. The Balaban J connectivity index is 2.02. The number of hydrogen-bond acceptors (Lipinski definition) is 6. The van der Waals surface area contributed by atoms with E-state index >= 15 is 0 Å². The zero-order valence-corrected chi connectivity index (χ0v) is 16.5. The van der Waals surface area contributed by atoms with E-state index in [0.717, 1.165) is 0 Å². The molecule has 2 rings (SSSR count). The van der Waals surface area contributed by atoms with Gasteiger partial charge in [-0.2, -0.15) is 0 Å². The molecule has 0 aromatic rings. The largest absolute Gasteiger partial charge is 0.458 e. The highest BCUT2D eigenvalue weighted by molar-refractivity contribution is 6.19. The van der Waals surface area contributed by atoms with Gasteiger partial charge in [0.05, 0.1) is 0 Å². The summed E-state index contributed by atoms with van der Waals surface area (Å²) in [7, 11) is 0. The number of rotatable bonds is 2. The molecule has 2 aliphatic rings. The van der Waals surface area contributed by atoms with Crippen LogP contribution in [0.25, 0.3) is 0 Å². The number of amides is 1. The number of carbonyl (C=O) groups excluding carboxylic acids is 4. The van der Waals surface area contributed by atoms with E-state index in [4.69, 9.17) is 9.47 Å². The monoisotopic (exact) mass is 367 g/mol. The van der Waals surface area contributed by atoms with Crippen LogP contribution in [-0.4, -0.2) is 52.3 Å². The van der Waals surface area contributed by atoms with Gasteiger partial charge in [-0.05, 0) is 54.4 Å². The Morgan fingerprint density at radius 1 is 1.23 bits per heavy atom. The lowest BCUT2D eigenvalue weighted by Crippen LogP contribution is -2.52. The second-order valence-corrected chi connectivity index (χ2v) is 8.90. The van der Waals surface area contributed by atoms with E-state index in [9.17, 15) is 19.2 Å². The molecule has 2 heterocycles. The predicted octanol–water partition coefficient (Wildman–Crippen LogP) is 2.50. The number of likely N-dealkylation sites (tertiary alicyclic amines) is 1. The standard InChI is InChI=1S/C19H29NO6/c1-11-9-12(7-8-20(11)17(24)26-18(2,3)4)15(22)14-13(21)10-19(5,6)25-16(14)23/h11-12,14H,7-10H2,1-6H3. The molecule has 2 fully saturated rings. The quantitative estimate of drug-likeness (QED) is 0.550. The molecule has 26 heavy (non-hydrogen) atoms. The van der Waals surface area contributed by atoms with E-state index in [0.29, 0.717) is 19.4 Å². The molecular formula is C19H29NO6. The molecule has 0 radical (unpaired) electrons. The summed E-state index contributed by atoms with van der Waals surface area (Å²) in [5.74, 6) is -3.28. The summed E-state index contributed by atoms with van der Waals surface area (Å²) in [4.78, 5) is 51.1. The van der Waals surface area contributed by atoms with Gasteiger partial charge in [-0.3, -0.25) is 14.4 Å². The Kier molecular flexibility index (Phi) is 5.49. The van der Waals surface area contributed by atoms with Crippen molar-refractivity contribution in [1.82, 2.24) is 4.90 Å². The van der Waals surface area contributed by atoms with E-state index in [1.54, 1.807) is 39.5 Å². The second kappa shape index (κ2) is 7.00. The first-order valence-corrected chi connectivity index (χ1v) is 9.09. The molecule has 146 valence electrons. The van der Waals surface area contributed by atoms with Crippen LogP contribution >= 0.6 is 0 Å². The highest BCUT2D eigenvalue weighted by atomic mass is 16.6. The van der Waals surface area contributed by atoms with Crippen molar-refractivity contribution < 1.29 is 28.7 Å². The highest BCUT2D eigenvalue weighted by Gasteiger charge is 2.48. The highest BCUT2D eigenvalue weighted by Crippen LogP contribution is 2.32. The van der Waals surface area contributed by atoms with Crippen LogP contribution in [0.2, 0.25) is 0 Å². The Labute approximate surface area is 154 Å². The lowest BCUT2D eigenvalue weighted by molar-refractivity contribution is -0.175. The van der Waals surface area contributed by atoms with Crippen molar-refractivity contribution in [2.24, 2.45) is 11.8 Å². The molecule has 3 atom stereocenters. The Morgan fingerprint density at radius 3 is 2.35 bits per heavy atom. The molecule has 0 aromatic heterocycles. The molecule has 7 heteroatoms. The van der Waals surface area contributed by atoms with Gasteiger partial charge in [-0.25, -0.2) is 4.79 Å². The molecule has 1 amide bonds. The van der Waals surface area contributed by atoms with Gasteiger partial charge in [-0.1, -0.05) is 0 Å². The van der Waals surface area contributed by atoms with E-state index in [1.165, 1.54) is 0 Å². The molecule has 0 aromatic carbocycles. The summed E-state index contributed by atoms with van der Waals surface area (Å²) in [5, 5.41) is 0. The maximum absolute atomic E-state index is 12.8. The fourth-order valence-corrected chi connectivity index (χ4v) is 3.55. The predicted molar refractivity (Wildman–Crippen MR) is 93.4 cm³/mol. The first kappa shape index (κ1) is 20.4. The number of esters is 1. The van der Waals surface area contributed by atoms with Crippen molar-refractivity contribution in [3.63, 3.8) is 0 Å². The summed E-state index contributed by atoms with van der Waals surface area (Å²) < 4.78 is 10.6. The topological polar surface area (TPSA) is 90.0 Å². The molecular weight excluding hydrogens is 338 g/mol. The van der Waals surface area contributed by atoms with Gasteiger partial charge in [0.25, 0.3) is 0 Å². The van der Waals surface area contributed by atoms with Gasteiger partial charge in [0.15, 0.2) is 17.5 Å². The van der Waals surface area contributed by atoms with Crippen molar-refractivity contribution >= 4 is 23.6 Å². The SMILES string of the molecule is CC1CC(C(=O)C2C(=O)CC(C)(C)OC2=O)CCN1C(=O)OC(C)(C)C. The second-order valence-electron chi connectivity index (χ2n) is 8.90. The minimum Gasteiger partial charge on any atom is -0.458 e. The fourth-order valence-electron chi connectivity index (χ4n) is 3.55. The fraction of sp³-hybridized carbons (Fsp3) is 0.789. The summed E-state index contributed by atoms with van der Waals surface area (Å²) in [6.07, 6.45) is 0.439. The van der Waals surface area contributed by atoms with Crippen LogP contribution in [0.3, 0.4) is 0 Å². The van der Waals surface area contributed by atoms with E-state index in [-0.39, 0.29) is 24.0 Å². The van der Waals surface area contributed by atoms with Crippen LogP contribution in [0.15, 0.2) is 0 Å². The van der Waals surface area contributed by atoms with Gasteiger partial charge in [0.1, 0.15) is 11.2 Å². The maximum Gasteiger partial charge on any atom is 0.410 e. The number of Topliss-reactive ketones (excluding diaryl/α,β-unsaturated/α-hetero) is 2. The third-order valence-corrected chi connectivity index (χ3v) is 4.73. The molecule has 0 saturated carbocycles. The van der Waals surface area contributed by atoms with Gasteiger partial charge < -0.3 is 14.4 Å². The molecule has 0 bridgehead atoms. The normalized spacial score (nSPS) is 29.2. The summed E-state index contributed by atoms with van der Waals surface area (Å²) in [5.41, 5.74) is -1.45. The number of ketones is 2. The Hall–Kier alpha value is -1.92. The smallest absolute Gasteiger partial charge is 0.410 e. The number of piperidine rings is 1. The number of nitrogens with zero attached hydrogens (tertiary/aromatic N) is 1. The molecule has 2 aliphatic heterocycles. The number of cyclic esters (lactones) is 1. The molecule has 3 unspecified atom stereocenters. The van der Waals surface area contributed by atoms with Crippen LogP contribution in [0.1, 0.15) is 60.8 Å². The maximum atomic E-state index is 12.8. The van der Waals surface area contributed by atoms with Crippen LogP contribution < -0.4 is 0 Å². The molecule has 2 saturated heterocycles. The molecule has 0 spiro atoms. The van der Waals surface area contributed by atoms with Crippen LogP contribution in [0, 0.1) is 11.8 Å². The number of carbonyl (C=O) groups is 4. The van der Waals surface area contributed by atoms with E-state index in [2.05, 4.69) is 0 Å². The third kappa shape index (κ3) is 4.62. The first-order chi connectivity index (χ1) is 11.8. The average molecular weight is 367 g/mol. The zero-order valence-electron chi connectivity index (χ0n) is 16.5. The van der Waals surface area contributed by atoms with Crippen LogP contribution in [-0.2, 0) is 23.9 Å². The lowest BCUT2D eigenvalue weighted by Gasteiger charge is -2.39. The van der Waals surface area contributed by atoms with Crippen molar-refractivity contribution in [2.75, 3.05) is 6.54 Å².